The van der Waals surface area contributed by atoms with E-state index in [0.29, 0.717) is 11.3 Å². The maximum atomic E-state index is 12.2. The van der Waals surface area contributed by atoms with Gasteiger partial charge in [-0.3, -0.25) is 9.59 Å². The van der Waals surface area contributed by atoms with Gasteiger partial charge in [-0.1, -0.05) is 42.5 Å². The minimum absolute atomic E-state index is 0.252. The van der Waals surface area contributed by atoms with E-state index in [-0.39, 0.29) is 18.8 Å². The predicted molar refractivity (Wildman–Crippen MR) is 109 cm³/mol. The van der Waals surface area contributed by atoms with Crippen LogP contribution in [0.5, 0.6) is 0 Å². The summed E-state index contributed by atoms with van der Waals surface area (Å²) in [7, 11) is -3.86. The summed E-state index contributed by atoms with van der Waals surface area (Å²) in [4.78, 5) is 24.0. The summed E-state index contributed by atoms with van der Waals surface area (Å²) in [6, 6.07) is 14.0. The second kappa shape index (κ2) is 10.6. The minimum Gasteiger partial charge on any atom is -0.399 e. The summed E-state index contributed by atoms with van der Waals surface area (Å²) < 4.78 is 26.6. The standard InChI is InChI=1S/C19H24N4O5S/c20-16-8-6-14(7-9-16)10-21-18(25)11-22-19(26)17(12-24)23-29(27,28)13-15-4-2-1-3-5-15/h1-9,17,23-24H,10-13,20H2,(H,21,25)(H,22,26)/t17-/m1/s1. The first-order chi connectivity index (χ1) is 13.8. The fourth-order valence-electron chi connectivity index (χ4n) is 2.41. The molecule has 0 saturated carbocycles. The van der Waals surface area contributed by atoms with Crippen molar-refractivity contribution in [3.63, 3.8) is 0 Å². The molecular formula is C19H24N4O5S. The molecular weight excluding hydrogens is 396 g/mol. The Morgan fingerprint density at radius 1 is 0.966 bits per heavy atom. The molecule has 0 radical (unpaired) electrons. The molecule has 6 N–H and O–H groups in total. The van der Waals surface area contributed by atoms with Crippen LogP contribution >= 0.6 is 0 Å². The summed E-state index contributed by atoms with van der Waals surface area (Å²) in [6.07, 6.45) is 0. The monoisotopic (exact) mass is 420 g/mol. The van der Waals surface area contributed by atoms with Crippen LogP contribution in [-0.4, -0.2) is 44.5 Å². The molecule has 0 saturated heterocycles. The number of sulfonamides is 1. The van der Waals surface area contributed by atoms with Crippen LogP contribution in [0.1, 0.15) is 11.1 Å². The van der Waals surface area contributed by atoms with Crippen molar-refractivity contribution in [1.29, 1.82) is 0 Å². The Balaban J connectivity index is 1.80. The second-order valence-corrected chi connectivity index (χ2v) is 8.09. The molecule has 10 heteroatoms. The van der Waals surface area contributed by atoms with Gasteiger partial charge >= 0.3 is 0 Å². The first kappa shape index (κ1) is 22.3. The first-order valence-corrected chi connectivity index (χ1v) is 10.5. The number of carbonyl (C=O) groups is 2. The van der Waals surface area contributed by atoms with E-state index in [4.69, 9.17) is 5.73 Å². The summed E-state index contributed by atoms with van der Waals surface area (Å²) in [5, 5.41) is 14.3. The van der Waals surface area contributed by atoms with Gasteiger partial charge in [0, 0.05) is 12.2 Å². The van der Waals surface area contributed by atoms with Crippen LogP contribution in [0.3, 0.4) is 0 Å². The van der Waals surface area contributed by atoms with Crippen LogP contribution in [-0.2, 0) is 31.9 Å². The molecule has 0 aliphatic rings. The number of rotatable bonds is 10. The summed E-state index contributed by atoms with van der Waals surface area (Å²) in [5.41, 5.74) is 7.57. The molecule has 9 nitrogen and oxygen atoms in total. The van der Waals surface area contributed by atoms with Crippen LogP contribution in [0.4, 0.5) is 5.69 Å². The lowest BCUT2D eigenvalue weighted by molar-refractivity contribution is -0.127. The SMILES string of the molecule is Nc1ccc(CNC(=O)CNC(=O)[C@@H](CO)NS(=O)(=O)Cc2ccccc2)cc1. The Kier molecular flexibility index (Phi) is 8.13. The Hall–Kier alpha value is -2.95. The van der Waals surface area contributed by atoms with Crippen molar-refractivity contribution >= 4 is 27.5 Å². The van der Waals surface area contributed by atoms with Crippen molar-refractivity contribution in [2.75, 3.05) is 18.9 Å². The molecule has 2 rings (SSSR count). The van der Waals surface area contributed by atoms with E-state index in [2.05, 4.69) is 15.4 Å². The van der Waals surface area contributed by atoms with Gasteiger partial charge in [-0.25, -0.2) is 13.1 Å². The number of aliphatic hydroxyl groups is 1. The van der Waals surface area contributed by atoms with Crippen molar-refractivity contribution in [3.05, 3.63) is 65.7 Å². The number of carbonyl (C=O) groups excluding carboxylic acids is 2. The van der Waals surface area contributed by atoms with Crippen LogP contribution in [0.2, 0.25) is 0 Å². The van der Waals surface area contributed by atoms with Crippen molar-refractivity contribution in [2.24, 2.45) is 0 Å². The molecule has 0 fully saturated rings. The summed E-state index contributed by atoms with van der Waals surface area (Å²) in [6.45, 7) is -0.847. The van der Waals surface area contributed by atoms with Gasteiger partial charge in [0.25, 0.3) is 0 Å². The first-order valence-electron chi connectivity index (χ1n) is 8.82. The quantitative estimate of drug-likeness (QED) is 0.326. The van der Waals surface area contributed by atoms with Gasteiger partial charge < -0.3 is 21.5 Å². The van der Waals surface area contributed by atoms with Crippen LogP contribution in [0.15, 0.2) is 54.6 Å². The number of nitrogen functional groups attached to an aromatic ring is 1. The number of hydrogen-bond acceptors (Lipinski definition) is 6. The maximum absolute atomic E-state index is 12.2. The van der Waals surface area contributed by atoms with Gasteiger partial charge in [-0.2, -0.15) is 0 Å². The van der Waals surface area contributed by atoms with Gasteiger partial charge in [0.2, 0.25) is 21.8 Å². The zero-order chi connectivity index (χ0) is 21.3. The highest BCUT2D eigenvalue weighted by Gasteiger charge is 2.24. The predicted octanol–water partition coefficient (Wildman–Crippen LogP) is -0.518. The fourth-order valence-corrected chi connectivity index (χ4v) is 3.74. The van der Waals surface area contributed by atoms with E-state index in [9.17, 15) is 23.1 Å². The van der Waals surface area contributed by atoms with Gasteiger partial charge in [0.1, 0.15) is 6.04 Å². The molecule has 0 aliphatic heterocycles. The zero-order valence-corrected chi connectivity index (χ0v) is 16.5. The third-order valence-corrected chi connectivity index (χ3v) is 5.27. The molecule has 0 unspecified atom stereocenters. The van der Waals surface area contributed by atoms with Crippen molar-refractivity contribution in [2.45, 2.75) is 18.3 Å². The summed E-state index contributed by atoms with van der Waals surface area (Å²) in [5.74, 6) is -1.59. The normalized spacial score (nSPS) is 12.2. The third kappa shape index (κ3) is 7.90. The van der Waals surface area contributed by atoms with Crippen LogP contribution < -0.4 is 21.1 Å². The topological polar surface area (TPSA) is 151 Å². The van der Waals surface area contributed by atoms with Gasteiger partial charge in [-0.15, -0.1) is 0 Å². The molecule has 2 aromatic carbocycles. The van der Waals surface area contributed by atoms with E-state index >= 15 is 0 Å². The fraction of sp³-hybridized carbons (Fsp3) is 0.263. The number of nitrogens with two attached hydrogens (primary N) is 1. The number of nitrogens with one attached hydrogen (secondary N) is 3. The lowest BCUT2D eigenvalue weighted by atomic mass is 10.2. The molecule has 0 bridgehead atoms. The second-order valence-electron chi connectivity index (χ2n) is 6.33. The summed E-state index contributed by atoms with van der Waals surface area (Å²) >= 11 is 0. The van der Waals surface area contributed by atoms with Gasteiger partial charge in [-0.05, 0) is 23.3 Å². The van der Waals surface area contributed by atoms with Gasteiger partial charge in [0.05, 0.1) is 18.9 Å². The number of hydrogen-bond donors (Lipinski definition) is 5. The Morgan fingerprint density at radius 2 is 1.62 bits per heavy atom. The molecule has 156 valence electrons. The van der Waals surface area contributed by atoms with Crippen LogP contribution in [0, 0.1) is 0 Å². The molecule has 0 spiro atoms. The molecule has 0 aliphatic carbocycles. The lowest BCUT2D eigenvalue weighted by Crippen LogP contribution is -2.50. The molecule has 29 heavy (non-hydrogen) atoms. The average Bonchev–Trinajstić information content (AvgIpc) is 2.70. The zero-order valence-electron chi connectivity index (χ0n) is 15.7. The lowest BCUT2D eigenvalue weighted by Gasteiger charge is -2.16. The highest BCUT2D eigenvalue weighted by atomic mass is 32.2. The Bertz CT molecular complexity index is 917. The van der Waals surface area contributed by atoms with E-state index < -0.39 is 34.5 Å². The highest BCUT2D eigenvalue weighted by Crippen LogP contribution is 2.05. The van der Waals surface area contributed by atoms with Gasteiger partial charge in [0.15, 0.2) is 0 Å². The molecule has 0 heterocycles. The number of anilines is 1. The molecule has 0 aromatic heterocycles. The Morgan fingerprint density at radius 3 is 2.24 bits per heavy atom. The van der Waals surface area contributed by atoms with Crippen molar-refractivity contribution < 1.29 is 23.1 Å². The Labute approximate surface area is 169 Å². The smallest absolute Gasteiger partial charge is 0.240 e. The molecule has 2 aromatic rings. The van der Waals surface area contributed by atoms with Crippen molar-refractivity contribution in [3.8, 4) is 0 Å². The molecule has 1 atom stereocenters. The van der Waals surface area contributed by atoms with E-state index in [1.807, 2.05) is 0 Å². The largest absolute Gasteiger partial charge is 0.399 e. The average molecular weight is 420 g/mol. The van der Waals surface area contributed by atoms with E-state index in [1.165, 1.54) is 0 Å². The van der Waals surface area contributed by atoms with Crippen LogP contribution in [0.25, 0.3) is 0 Å². The number of amides is 2. The van der Waals surface area contributed by atoms with E-state index in [1.54, 1.807) is 54.6 Å². The molecule has 2 amide bonds. The third-order valence-electron chi connectivity index (χ3n) is 3.91. The maximum Gasteiger partial charge on any atom is 0.240 e. The van der Waals surface area contributed by atoms with E-state index in [0.717, 1.165) is 5.56 Å². The van der Waals surface area contributed by atoms with Crippen molar-refractivity contribution in [1.82, 2.24) is 15.4 Å². The highest BCUT2D eigenvalue weighted by molar-refractivity contribution is 7.88. The number of aliphatic hydroxyl groups excluding tert-OH is 1. The number of benzene rings is 2. The minimum atomic E-state index is -3.86.